The van der Waals surface area contributed by atoms with E-state index in [1.807, 2.05) is 0 Å². The van der Waals surface area contributed by atoms with Crippen LogP contribution in [0.4, 0.5) is 5.69 Å². The number of nitrogens with zero attached hydrogens (tertiary/aromatic N) is 3. The lowest BCUT2D eigenvalue weighted by atomic mass is 10.1. The van der Waals surface area contributed by atoms with Gasteiger partial charge in [0.15, 0.2) is 0 Å². The van der Waals surface area contributed by atoms with Gasteiger partial charge in [0, 0.05) is 22.8 Å². The van der Waals surface area contributed by atoms with Crippen LogP contribution < -0.4 is 10.9 Å². The maximum atomic E-state index is 12.2. The van der Waals surface area contributed by atoms with Crippen molar-refractivity contribution < 1.29 is 4.79 Å². The SMILES string of the molecule is O=C(Cn1cnc(-c2ccc(Cl)cc2)cc1=O)Nc1cccnc1. The van der Waals surface area contributed by atoms with Crippen molar-refractivity contribution in [3.8, 4) is 11.3 Å². The average molecular weight is 341 g/mol. The molecule has 1 N–H and O–H groups in total. The lowest BCUT2D eigenvalue weighted by molar-refractivity contribution is -0.116. The van der Waals surface area contributed by atoms with Crippen LogP contribution in [-0.2, 0) is 11.3 Å². The summed E-state index contributed by atoms with van der Waals surface area (Å²) < 4.78 is 1.24. The normalized spacial score (nSPS) is 10.4. The van der Waals surface area contributed by atoms with Crippen LogP contribution in [0.5, 0.6) is 0 Å². The molecule has 24 heavy (non-hydrogen) atoms. The highest BCUT2D eigenvalue weighted by Gasteiger charge is 2.07. The van der Waals surface area contributed by atoms with E-state index < -0.39 is 0 Å². The van der Waals surface area contributed by atoms with Gasteiger partial charge < -0.3 is 5.32 Å². The Labute approximate surface area is 142 Å². The molecular formula is C17H13ClN4O2. The van der Waals surface area contributed by atoms with Gasteiger partial charge in [-0.2, -0.15) is 0 Å². The Kier molecular flexibility index (Phi) is 4.67. The lowest BCUT2D eigenvalue weighted by Gasteiger charge is -2.07. The molecule has 0 bridgehead atoms. The number of anilines is 1. The first-order chi connectivity index (χ1) is 11.6. The number of hydrogen-bond acceptors (Lipinski definition) is 4. The quantitative estimate of drug-likeness (QED) is 0.792. The summed E-state index contributed by atoms with van der Waals surface area (Å²) in [5.41, 5.74) is 1.57. The summed E-state index contributed by atoms with van der Waals surface area (Å²) in [7, 11) is 0. The first kappa shape index (κ1) is 15.9. The van der Waals surface area contributed by atoms with Gasteiger partial charge in [-0.15, -0.1) is 0 Å². The van der Waals surface area contributed by atoms with Crippen molar-refractivity contribution >= 4 is 23.2 Å². The molecule has 0 aliphatic rings. The molecule has 0 aliphatic heterocycles. The number of pyridine rings is 1. The van der Waals surface area contributed by atoms with Gasteiger partial charge in [-0.25, -0.2) is 4.98 Å². The average Bonchev–Trinajstić information content (AvgIpc) is 2.58. The van der Waals surface area contributed by atoms with E-state index in [4.69, 9.17) is 11.6 Å². The Balaban J connectivity index is 1.74. The number of benzene rings is 1. The minimum atomic E-state index is -0.328. The van der Waals surface area contributed by atoms with Crippen molar-refractivity contribution in [3.63, 3.8) is 0 Å². The van der Waals surface area contributed by atoms with Gasteiger partial charge in [0.25, 0.3) is 5.56 Å². The Morgan fingerprint density at radius 1 is 1.21 bits per heavy atom. The minimum absolute atomic E-state index is 0.123. The van der Waals surface area contributed by atoms with Crippen molar-refractivity contribution in [2.45, 2.75) is 6.54 Å². The van der Waals surface area contributed by atoms with Crippen LogP contribution in [0.25, 0.3) is 11.3 Å². The number of halogens is 1. The fourth-order valence-corrected chi connectivity index (χ4v) is 2.24. The maximum Gasteiger partial charge on any atom is 0.254 e. The van der Waals surface area contributed by atoms with Crippen LogP contribution in [-0.4, -0.2) is 20.4 Å². The van der Waals surface area contributed by atoms with Gasteiger partial charge in [-0.1, -0.05) is 23.7 Å². The summed E-state index contributed by atoms with van der Waals surface area (Å²) in [6.45, 7) is -0.123. The largest absolute Gasteiger partial charge is 0.323 e. The molecule has 3 rings (SSSR count). The highest BCUT2D eigenvalue weighted by molar-refractivity contribution is 6.30. The summed E-state index contributed by atoms with van der Waals surface area (Å²) in [5.74, 6) is -0.328. The zero-order chi connectivity index (χ0) is 16.9. The van der Waals surface area contributed by atoms with Gasteiger partial charge in [-0.3, -0.25) is 19.1 Å². The summed E-state index contributed by atoms with van der Waals surface area (Å²) >= 11 is 5.84. The van der Waals surface area contributed by atoms with Crippen molar-refractivity contribution in [1.29, 1.82) is 0 Å². The second-order valence-electron chi connectivity index (χ2n) is 5.04. The molecule has 0 atom stereocenters. The van der Waals surface area contributed by atoms with Crippen LogP contribution in [0.2, 0.25) is 5.02 Å². The molecule has 120 valence electrons. The highest BCUT2D eigenvalue weighted by atomic mass is 35.5. The summed E-state index contributed by atoms with van der Waals surface area (Å²) in [6.07, 6.45) is 4.50. The molecule has 0 fully saturated rings. The molecule has 1 aromatic carbocycles. The molecule has 0 radical (unpaired) electrons. The zero-order valence-corrected chi connectivity index (χ0v) is 13.3. The highest BCUT2D eigenvalue weighted by Crippen LogP contribution is 2.17. The third-order valence-electron chi connectivity index (χ3n) is 3.28. The maximum absolute atomic E-state index is 12.2. The smallest absolute Gasteiger partial charge is 0.254 e. The molecule has 7 heteroatoms. The number of carbonyl (C=O) groups excluding carboxylic acids is 1. The molecule has 0 saturated heterocycles. The van der Waals surface area contributed by atoms with Gasteiger partial charge in [0.05, 0.1) is 23.9 Å². The third kappa shape index (κ3) is 3.85. The van der Waals surface area contributed by atoms with E-state index in [-0.39, 0.29) is 18.0 Å². The number of nitrogens with one attached hydrogen (secondary N) is 1. The topological polar surface area (TPSA) is 76.9 Å². The van der Waals surface area contributed by atoms with Gasteiger partial charge in [0.2, 0.25) is 5.91 Å². The van der Waals surface area contributed by atoms with E-state index in [2.05, 4.69) is 15.3 Å². The Bertz CT molecular complexity index is 908. The molecule has 1 amide bonds. The molecule has 3 aromatic rings. The van der Waals surface area contributed by atoms with Gasteiger partial charge in [-0.05, 0) is 24.3 Å². The van der Waals surface area contributed by atoms with E-state index >= 15 is 0 Å². The summed E-state index contributed by atoms with van der Waals surface area (Å²) in [6, 6.07) is 11.8. The van der Waals surface area contributed by atoms with Gasteiger partial charge in [0.1, 0.15) is 6.54 Å². The van der Waals surface area contributed by atoms with Crippen molar-refractivity contribution in [3.05, 3.63) is 76.6 Å². The predicted octanol–water partition coefficient (Wildman–Crippen LogP) is 2.60. The minimum Gasteiger partial charge on any atom is -0.323 e. The van der Waals surface area contributed by atoms with E-state index in [0.29, 0.717) is 16.4 Å². The van der Waals surface area contributed by atoms with Crippen LogP contribution in [0.15, 0.2) is 66.0 Å². The molecule has 2 aromatic heterocycles. The Morgan fingerprint density at radius 2 is 2.00 bits per heavy atom. The fraction of sp³-hybridized carbons (Fsp3) is 0.0588. The summed E-state index contributed by atoms with van der Waals surface area (Å²) in [4.78, 5) is 32.3. The van der Waals surface area contributed by atoms with Crippen molar-refractivity contribution in [2.75, 3.05) is 5.32 Å². The van der Waals surface area contributed by atoms with Crippen LogP contribution in [0.3, 0.4) is 0 Å². The number of rotatable bonds is 4. The molecule has 0 spiro atoms. The Hall–Kier alpha value is -2.99. The lowest BCUT2D eigenvalue weighted by Crippen LogP contribution is -2.27. The molecule has 0 aliphatic carbocycles. The second kappa shape index (κ2) is 7.06. The molecule has 6 nitrogen and oxygen atoms in total. The van der Waals surface area contributed by atoms with Crippen LogP contribution in [0.1, 0.15) is 0 Å². The predicted molar refractivity (Wildman–Crippen MR) is 91.8 cm³/mol. The summed E-state index contributed by atoms with van der Waals surface area (Å²) in [5, 5.41) is 3.28. The van der Waals surface area contributed by atoms with E-state index in [0.717, 1.165) is 5.56 Å². The molecule has 2 heterocycles. The van der Waals surface area contributed by atoms with Crippen LogP contribution in [0, 0.1) is 0 Å². The number of amides is 1. The Morgan fingerprint density at radius 3 is 2.67 bits per heavy atom. The first-order valence-corrected chi connectivity index (χ1v) is 7.52. The standard InChI is InChI=1S/C17H13ClN4O2/c18-13-5-3-12(4-6-13)15-8-17(24)22(11-20-15)10-16(23)21-14-2-1-7-19-9-14/h1-9,11H,10H2,(H,21,23). The monoisotopic (exact) mass is 340 g/mol. The van der Waals surface area contributed by atoms with E-state index in [1.165, 1.54) is 23.2 Å². The molecule has 0 saturated carbocycles. The first-order valence-electron chi connectivity index (χ1n) is 7.14. The number of carbonyl (C=O) groups is 1. The second-order valence-corrected chi connectivity index (χ2v) is 5.47. The van der Waals surface area contributed by atoms with Crippen molar-refractivity contribution in [2.24, 2.45) is 0 Å². The fourth-order valence-electron chi connectivity index (χ4n) is 2.12. The zero-order valence-electron chi connectivity index (χ0n) is 12.5. The third-order valence-corrected chi connectivity index (χ3v) is 3.53. The molecule has 0 unspecified atom stereocenters. The van der Waals surface area contributed by atoms with Gasteiger partial charge >= 0.3 is 0 Å². The van der Waals surface area contributed by atoms with Crippen LogP contribution >= 0.6 is 11.6 Å². The number of aromatic nitrogens is 3. The van der Waals surface area contributed by atoms with E-state index in [1.54, 1.807) is 42.6 Å². The van der Waals surface area contributed by atoms with Crippen molar-refractivity contribution in [1.82, 2.24) is 14.5 Å². The molecular weight excluding hydrogens is 328 g/mol. The van der Waals surface area contributed by atoms with E-state index in [9.17, 15) is 9.59 Å². The number of hydrogen-bond donors (Lipinski definition) is 1.